The van der Waals surface area contributed by atoms with Crippen molar-refractivity contribution in [3.63, 3.8) is 0 Å². The molecule has 0 aromatic rings. The van der Waals surface area contributed by atoms with Crippen molar-refractivity contribution in [2.24, 2.45) is 17.8 Å². The van der Waals surface area contributed by atoms with Crippen molar-refractivity contribution in [1.82, 2.24) is 0 Å². The van der Waals surface area contributed by atoms with E-state index >= 15 is 0 Å². The van der Waals surface area contributed by atoms with E-state index in [0.29, 0.717) is 0 Å². The molecular weight excluding hydrogens is 144 g/mol. The van der Waals surface area contributed by atoms with E-state index in [1.54, 1.807) is 0 Å². The first-order valence-corrected chi connectivity index (χ1v) is 5.10. The third-order valence-electron chi connectivity index (χ3n) is 2.45. The van der Waals surface area contributed by atoms with Gasteiger partial charge in [-0.1, -0.05) is 46.8 Å². The van der Waals surface area contributed by atoms with Gasteiger partial charge in [-0.3, -0.25) is 0 Å². The van der Waals surface area contributed by atoms with Crippen LogP contribution in [0.4, 0.5) is 0 Å². The lowest BCUT2D eigenvalue weighted by Crippen LogP contribution is -2.05. The predicted octanol–water partition coefficient (Wildman–Crippen LogP) is 4.27. The van der Waals surface area contributed by atoms with Gasteiger partial charge >= 0.3 is 0 Å². The van der Waals surface area contributed by atoms with E-state index in [-0.39, 0.29) is 0 Å². The van der Waals surface area contributed by atoms with Gasteiger partial charge in [0.1, 0.15) is 0 Å². The monoisotopic (exact) mass is 168 g/mol. The van der Waals surface area contributed by atoms with E-state index in [1.807, 2.05) is 0 Å². The smallest absolute Gasteiger partial charge is 0.0295 e. The largest absolute Gasteiger partial charge is 0.0998 e. The summed E-state index contributed by atoms with van der Waals surface area (Å²) in [6.07, 6.45) is 2.40. The van der Waals surface area contributed by atoms with Crippen molar-refractivity contribution < 1.29 is 0 Å². The van der Waals surface area contributed by atoms with E-state index in [0.717, 1.165) is 17.8 Å². The van der Waals surface area contributed by atoms with Crippen LogP contribution in [0, 0.1) is 17.8 Å². The van der Waals surface area contributed by atoms with Crippen molar-refractivity contribution >= 4 is 0 Å². The molecule has 0 aliphatic rings. The summed E-state index contributed by atoms with van der Waals surface area (Å²) >= 11 is 0. The van der Waals surface area contributed by atoms with E-state index in [9.17, 15) is 0 Å². The van der Waals surface area contributed by atoms with Crippen LogP contribution in [0.25, 0.3) is 0 Å². The minimum atomic E-state index is 0.761. The van der Waals surface area contributed by atoms with E-state index in [4.69, 9.17) is 0 Å². The fourth-order valence-corrected chi connectivity index (χ4v) is 1.35. The Balaban J connectivity index is 3.69. The normalized spacial score (nSPS) is 13.9. The highest BCUT2D eigenvalue weighted by Gasteiger charge is 2.09. The summed E-state index contributed by atoms with van der Waals surface area (Å²) < 4.78 is 0. The van der Waals surface area contributed by atoms with Crippen LogP contribution in [-0.2, 0) is 0 Å². The molecule has 0 nitrogen and oxygen atoms in total. The van der Waals surface area contributed by atoms with Crippen LogP contribution >= 0.6 is 0 Å². The molecule has 72 valence electrons. The Hall–Kier alpha value is -0.260. The van der Waals surface area contributed by atoms with Gasteiger partial charge in [-0.25, -0.2) is 0 Å². The first-order valence-electron chi connectivity index (χ1n) is 5.10. The molecule has 0 aromatic carbocycles. The summed E-state index contributed by atoms with van der Waals surface area (Å²) in [5, 5.41) is 0. The van der Waals surface area contributed by atoms with Gasteiger partial charge in [0.25, 0.3) is 0 Å². The van der Waals surface area contributed by atoms with Gasteiger partial charge in [0.2, 0.25) is 0 Å². The molecule has 0 N–H and O–H groups in total. The molecule has 1 atom stereocenters. The molecular formula is C12H24. The Labute approximate surface area is 78.1 Å². The zero-order valence-corrected chi connectivity index (χ0v) is 9.35. The molecule has 12 heavy (non-hydrogen) atoms. The molecule has 0 heteroatoms. The topological polar surface area (TPSA) is 0 Å². The van der Waals surface area contributed by atoms with Gasteiger partial charge in [-0.2, -0.15) is 0 Å². The third-order valence-corrected chi connectivity index (χ3v) is 2.45. The molecule has 0 aliphatic carbocycles. The average Bonchev–Trinajstić information content (AvgIpc) is 1.84. The average molecular weight is 168 g/mol. The first-order chi connectivity index (χ1) is 5.43. The molecule has 0 aromatic heterocycles. The molecule has 0 heterocycles. The Bertz CT molecular complexity index is 131. The summed E-state index contributed by atoms with van der Waals surface area (Å²) in [6.45, 7) is 15.5. The Morgan fingerprint density at radius 2 is 1.50 bits per heavy atom. The van der Waals surface area contributed by atoms with E-state index in [1.165, 1.54) is 18.4 Å². The number of hydrogen-bond donors (Lipinski definition) is 0. The minimum absolute atomic E-state index is 0.761. The van der Waals surface area contributed by atoms with Gasteiger partial charge in [-0.05, 0) is 30.6 Å². The maximum atomic E-state index is 4.12. The lowest BCUT2D eigenvalue weighted by Gasteiger charge is -2.17. The fraction of sp³-hybridized carbons (Fsp3) is 0.833. The number of allylic oxidation sites excluding steroid dienone is 1. The van der Waals surface area contributed by atoms with Crippen molar-refractivity contribution in [2.75, 3.05) is 0 Å². The third kappa shape index (κ3) is 5.40. The van der Waals surface area contributed by atoms with Gasteiger partial charge in [0.15, 0.2) is 0 Å². The maximum absolute atomic E-state index is 4.12. The van der Waals surface area contributed by atoms with Crippen LogP contribution in [0.1, 0.15) is 47.5 Å². The molecule has 0 amide bonds. The number of hydrogen-bond acceptors (Lipinski definition) is 0. The Kier molecular flexibility index (Phi) is 5.28. The minimum Gasteiger partial charge on any atom is -0.0998 e. The van der Waals surface area contributed by atoms with Crippen molar-refractivity contribution in [1.29, 1.82) is 0 Å². The number of rotatable bonds is 5. The van der Waals surface area contributed by atoms with Gasteiger partial charge in [0.05, 0.1) is 0 Å². The van der Waals surface area contributed by atoms with Crippen molar-refractivity contribution in [2.45, 2.75) is 47.5 Å². The van der Waals surface area contributed by atoms with E-state index in [2.05, 4.69) is 41.2 Å². The van der Waals surface area contributed by atoms with Gasteiger partial charge < -0.3 is 0 Å². The highest BCUT2D eigenvalue weighted by atomic mass is 14.1. The molecule has 0 radical (unpaired) electrons. The maximum Gasteiger partial charge on any atom is -0.0295 e. The molecule has 0 aliphatic heterocycles. The Morgan fingerprint density at radius 1 is 1.00 bits per heavy atom. The molecule has 0 saturated heterocycles. The molecule has 0 rings (SSSR count). The second-order valence-corrected chi connectivity index (χ2v) is 4.77. The van der Waals surface area contributed by atoms with Crippen LogP contribution in [-0.4, -0.2) is 0 Å². The summed E-state index contributed by atoms with van der Waals surface area (Å²) in [4.78, 5) is 0. The summed E-state index contributed by atoms with van der Waals surface area (Å²) in [7, 11) is 0. The molecule has 0 fully saturated rings. The van der Waals surface area contributed by atoms with Crippen molar-refractivity contribution in [3.05, 3.63) is 12.2 Å². The van der Waals surface area contributed by atoms with E-state index < -0.39 is 0 Å². The van der Waals surface area contributed by atoms with Crippen LogP contribution in [0.3, 0.4) is 0 Å². The molecule has 0 spiro atoms. The quantitative estimate of drug-likeness (QED) is 0.538. The van der Waals surface area contributed by atoms with Crippen LogP contribution in [0.15, 0.2) is 12.2 Å². The van der Waals surface area contributed by atoms with Gasteiger partial charge in [-0.15, -0.1) is 0 Å². The summed E-state index contributed by atoms with van der Waals surface area (Å²) in [6, 6.07) is 0. The Morgan fingerprint density at radius 3 is 1.83 bits per heavy atom. The first kappa shape index (κ1) is 11.7. The highest BCUT2D eigenvalue weighted by molar-refractivity contribution is 4.96. The SMILES string of the molecule is C=C(CC(C)C)CC(C)C(C)C. The predicted molar refractivity (Wildman–Crippen MR) is 57.2 cm³/mol. The lowest BCUT2D eigenvalue weighted by atomic mass is 9.89. The standard InChI is InChI=1S/C12H24/c1-9(2)7-11(5)8-12(6)10(3)4/h9-10,12H,5,7-8H2,1-4,6H3. The molecule has 1 unspecified atom stereocenters. The van der Waals surface area contributed by atoms with Gasteiger partial charge in [0, 0.05) is 0 Å². The van der Waals surface area contributed by atoms with Crippen LogP contribution in [0.2, 0.25) is 0 Å². The zero-order valence-electron chi connectivity index (χ0n) is 9.35. The van der Waals surface area contributed by atoms with Crippen LogP contribution < -0.4 is 0 Å². The second-order valence-electron chi connectivity index (χ2n) is 4.77. The lowest BCUT2D eigenvalue weighted by molar-refractivity contribution is 0.407. The summed E-state index contributed by atoms with van der Waals surface area (Å²) in [5.74, 6) is 2.34. The molecule has 0 saturated carbocycles. The highest BCUT2D eigenvalue weighted by Crippen LogP contribution is 2.22. The fourth-order valence-electron chi connectivity index (χ4n) is 1.35. The zero-order chi connectivity index (χ0) is 9.72. The second kappa shape index (κ2) is 5.40. The van der Waals surface area contributed by atoms with Crippen molar-refractivity contribution in [3.8, 4) is 0 Å². The summed E-state index contributed by atoms with van der Waals surface area (Å²) in [5.41, 5.74) is 1.42. The molecule has 0 bridgehead atoms. The van der Waals surface area contributed by atoms with Crippen LogP contribution in [0.5, 0.6) is 0 Å².